The van der Waals surface area contributed by atoms with Crippen LogP contribution in [-0.4, -0.2) is 31.5 Å². The molecule has 4 rings (SSSR count). The van der Waals surface area contributed by atoms with Crippen LogP contribution in [0.25, 0.3) is 5.78 Å². The molecule has 0 saturated carbocycles. The molecule has 1 aliphatic rings. The maximum atomic E-state index is 12.7. The lowest BCUT2D eigenvalue weighted by Crippen LogP contribution is -2.36. The highest BCUT2D eigenvalue weighted by Crippen LogP contribution is 2.32. The molecule has 6 heteroatoms. The second kappa shape index (κ2) is 4.37. The zero-order valence-corrected chi connectivity index (χ0v) is 11.5. The first kappa shape index (κ1) is 12.0. The van der Waals surface area contributed by atoms with E-state index in [1.165, 1.54) is 10.1 Å². The van der Waals surface area contributed by atoms with E-state index in [4.69, 9.17) is 0 Å². The second-order valence-corrected chi connectivity index (χ2v) is 5.16. The first-order valence-electron chi connectivity index (χ1n) is 6.83. The minimum absolute atomic E-state index is 0.106. The number of aromatic nitrogens is 4. The van der Waals surface area contributed by atoms with E-state index in [0.29, 0.717) is 5.78 Å². The van der Waals surface area contributed by atoms with Gasteiger partial charge in [-0.3, -0.25) is 4.79 Å². The Labute approximate surface area is 121 Å². The van der Waals surface area contributed by atoms with E-state index in [1.807, 2.05) is 25.1 Å². The van der Waals surface area contributed by atoms with E-state index in [0.717, 1.165) is 12.1 Å². The molecule has 1 aliphatic heterocycles. The van der Waals surface area contributed by atoms with Gasteiger partial charge in [-0.15, -0.1) is 5.10 Å². The van der Waals surface area contributed by atoms with Crippen molar-refractivity contribution in [1.82, 2.24) is 19.6 Å². The zero-order chi connectivity index (χ0) is 14.4. The fraction of sp³-hybridized carbons (Fsp3) is 0.200. The van der Waals surface area contributed by atoms with Crippen molar-refractivity contribution in [3.05, 3.63) is 54.1 Å². The van der Waals surface area contributed by atoms with Crippen molar-refractivity contribution >= 4 is 17.4 Å². The summed E-state index contributed by atoms with van der Waals surface area (Å²) in [4.78, 5) is 22.8. The number of benzene rings is 1. The Morgan fingerprint density at radius 1 is 1.29 bits per heavy atom. The van der Waals surface area contributed by atoms with Crippen molar-refractivity contribution in [3.8, 4) is 0 Å². The van der Waals surface area contributed by atoms with E-state index >= 15 is 0 Å². The predicted molar refractivity (Wildman–Crippen MR) is 77.2 cm³/mol. The quantitative estimate of drug-likeness (QED) is 0.680. The molecule has 21 heavy (non-hydrogen) atoms. The normalized spacial score (nSPS) is 17.2. The van der Waals surface area contributed by atoms with Crippen molar-refractivity contribution in [2.45, 2.75) is 19.4 Å². The number of nitrogens with zero attached hydrogens (tertiary/aromatic N) is 5. The molecule has 3 heterocycles. The van der Waals surface area contributed by atoms with Gasteiger partial charge < -0.3 is 4.90 Å². The van der Waals surface area contributed by atoms with Gasteiger partial charge in [0.1, 0.15) is 0 Å². The van der Waals surface area contributed by atoms with Gasteiger partial charge in [-0.25, -0.2) is 9.50 Å². The van der Waals surface area contributed by atoms with Crippen LogP contribution in [0.1, 0.15) is 23.1 Å². The van der Waals surface area contributed by atoms with Crippen LogP contribution < -0.4 is 4.90 Å². The highest BCUT2D eigenvalue weighted by Gasteiger charge is 2.33. The highest BCUT2D eigenvalue weighted by atomic mass is 16.2. The largest absolute Gasteiger partial charge is 0.302 e. The fourth-order valence-corrected chi connectivity index (χ4v) is 2.81. The monoisotopic (exact) mass is 279 g/mol. The molecule has 6 nitrogen and oxygen atoms in total. The summed E-state index contributed by atoms with van der Waals surface area (Å²) in [5, 5.41) is 4.22. The van der Waals surface area contributed by atoms with Crippen LogP contribution in [0.5, 0.6) is 0 Å². The Morgan fingerprint density at radius 3 is 3.00 bits per heavy atom. The smallest absolute Gasteiger partial charge is 0.298 e. The van der Waals surface area contributed by atoms with Crippen molar-refractivity contribution in [2.24, 2.45) is 0 Å². The Kier molecular flexibility index (Phi) is 2.50. The maximum absolute atomic E-state index is 12.7. The molecule has 0 unspecified atom stereocenters. The molecule has 1 aromatic carbocycles. The molecule has 2 aromatic heterocycles. The number of carbonyl (C=O) groups excluding carboxylic acids is 1. The van der Waals surface area contributed by atoms with Gasteiger partial charge in [0, 0.05) is 24.1 Å². The topological polar surface area (TPSA) is 63.4 Å². The third-order valence-corrected chi connectivity index (χ3v) is 3.73. The maximum Gasteiger partial charge on any atom is 0.298 e. The predicted octanol–water partition coefficient (Wildman–Crippen LogP) is 1.72. The Bertz CT molecular complexity index is 808. The molecule has 0 fully saturated rings. The average Bonchev–Trinajstić information content (AvgIpc) is 3.06. The van der Waals surface area contributed by atoms with E-state index in [2.05, 4.69) is 21.1 Å². The number of carbonyl (C=O) groups is 1. The molecule has 1 amide bonds. The van der Waals surface area contributed by atoms with E-state index in [1.54, 1.807) is 23.4 Å². The fourth-order valence-electron chi connectivity index (χ4n) is 2.81. The summed E-state index contributed by atoms with van der Waals surface area (Å²) in [5.41, 5.74) is 2.13. The molecule has 0 bridgehead atoms. The van der Waals surface area contributed by atoms with Gasteiger partial charge in [0.25, 0.3) is 11.7 Å². The Morgan fingerprint density at radius 2 is 2.14 bits per heavy atom. The van der Waals surface area contributed by atoms with Crippen LogP contribution in [0.2, 0.25) is 0 Å². The number of hydrogen-bond acceptors (Lipinski definition) is 4. The van der Waals surface area contributed by atoms with Gasteiger partial charge in [0.2, 0.25) is 5.82 Å². The van der Waals surface area contributed by atoms with E-state index < -0.39 is 0 Å². The van der Waals surface area contributed by atoms with Crippen molar-refractivity contribution in [2.75, 3.05) is 4.90 Å². The number of rotatable bonds is 1. The molecule has 0 spiro atoms. The molecule has 0 aliphatic carbocycles. The van der Waals surface area contributed by atoms with Gasteiger partial charge in [-0.2, -0.15) is 4.98 Å². The second-order valence-electron chi connectivity index (χ2n) is 5.16. The average molecular weight is 279 g/mol. The highest BCUT2D eigenvalue weighted by molar-refractivity contribution is 6.05. The SMILES string of the molecule is C[C@H]1Cc2ccccc2N1C(=O)c1nc2ncccn2n1. The third kappa shape index (κ3) is 1.79. The summed E-state index contributed by atoms with van der Waals surface area (Å²) in [6.45, 7) is 2.03. The summed E-state index contributed by atoms with van der Waals surface area (Å²) in [7, 11) is 0. The minimum atomic E-state index is -0.182. The number of anilines is 1. The molecular formula is C15H13N5O. The lowest BCUT2D eigenvalue weighted by atomic mass is 10.1. The number of hydrogen-bond donors (Lipinski definition) is 0. The molecule has 1 atom stereocenters. The number of amides is 1. The van der Waals surface area contributed by atoms with Gasteiger partial charge in [0.05, 0.1) is 0 Å². The Balaban J connectivity index is 1.77. The van der Waals surface area contributed by atoms with Gasteiger partial charge in [0.15, 0.2) is 0 Å². The third-order valence-electron chi connectivity index (χ3n) is 3.73. The molecule has 104 valence electrons. The number of para-hydroxylation sites is 1. The van der Waals surface area contributed by atoms with Crippen molar-refractivity contribution in [3.63, 3.8) is 0 Å². The standard InChI is InChI=1S/C15H13N5O/c1-10-9-11-5-2-3-6-12(11)20(10)14(21)13-17-15-16-7-4-8-19(15)18-13/h2-8,10H,9H2,1H3/t10-/m0/s1. The van der Waals surface area contributed by atoms with Crippen LogP contribution in [0.3, 0.4) is 0 Å². The van der Waals surface area contributed by atoms with Crippen LogP contribution >= 0.6 is 0 Å². The van der Waals surface area contributed by atoms with E-state index in [9.17, 15) is 4.79 Å². The van der Waals surface area contributed by atoms with Crippen molar-refractivity contribution < 1.29 is 4.79 Å². The molecular weight excluding hydrogens is 266 g/mol. The summed E-state index contributed by atoms with van der Waals surface area (Å²) >= 11 is 0. The van der Waals surface area contributed by atoms with Crippen LogP contribution in [0.15, 0.2) is 42.7 Å². The first-order chi connectivity index (χ1) is 10.2. The van der Waals surface area contributed by atoms with Gasteiger partial charge >= 0.3 is 0 Å². The van der Waals surface area contributed by atoms with Gasteiger partial charge in [-0.05, 0) is 31.0 Å². The zero-order valence-electron chi connectivity index (χ0n) is 11.5. The number of fused-ring (bicyclic) bond motifs is 2. The summed E-state index contributed by atoms with van der Waals surface area (Å²) in [6, 6.07) is 9.81. The lowest BCUT2D eigenvalue weighted by Gasteiger charge is -2.20. The van der Waals surface area contributed by atoms with Crippen LogP contribution in [0, 0.1) is 0 Å². The van der Waals surface area contributed by atoms with Crippen molar-refractivity contribution in [1.29, 1.82) is 0 Å². The summed E-state index contributed by atoms with van der Waals surface area (Å²) in [6.07, 6.45) is 4.22. The lowest BCUT2D eigenvalue weighted by molar-refractivity contribution is 0.0971. The Hall–Kier alpha value is -2.76. The van der Waals surface area contributed by atoms with E-state index in [-0.39, 0.29) is 17.8 Å². The molecule has 0 radical (unpaired) electrons. The van der Waals surface area contributed by atoms with Crippen LogP contribution in [0.4, 0.5) is 5.69 Å². The summed E-state index contributed by atoms with van der Waals surface area (Å²) < 4.78 is 1.51. The summed E-state index contributed by atoms with van der Waals surface area (Å²) in [5.74, 6) is 0.427. The molecule has 0 saturated heterocycles. The molecule has 3 aromatic rings. The van der Waals surface area contributed by atoms with Gasteiger partial charge in [-0.1, -0.05) is 18.2 Å². The minimum Gasteiger partial charge on any atom is -0.302 e. The first-order valence-corrected chi connectivity index (χ1v) is 6.83. The molecule has 0 N–H and O–H groups in total. The van der Waals surface area contributed by atoms with Crippen LogP contribution in [-0.2, 0) is 6.42 Å².